The summed E-state index contributed by atoms with van der Waals surface area (Å²) in [5.41, 5.74) is 2.10. The molecule has 0 bridgehead atoms. The highest BCUT2D eigenvalue weighted by Gasteiger charge is 2.22. The molecule has 7 heteroatoms. The highest BCUT2D eigenvalue weighted by atomic mass is 35.5. The van der Waals surface area contributed by atoms with Gasteiger partial charge in [0, 0.05) is 26.1 Å². The van der Waals surface area contributed by atoms with E-state index in [-0.39, 0.29) is 11.3 Å². The third kappa shape index (κ3) is 5.84. The minimum Gasteiger partial charge on any atom is -0.486 e. The number of halogens is 3. The molecule has 144 valence electrons. The SMILES string of the molecule is O=C(Cl)CCN1CCOC(c2ccc(COc3c(Cl)cccc3Cl)cc2)C1. The van der Waals surface area contributed by atoms with Crippen molar-refractivity contribution in [1.29, 1.82) is 0 Å². The van der Waals surface area contributed by atoms with Crippen LogP contribution >= 0.6 is 34.8 Å². The van der Waals surface area contributed by atoms with E-state index >= 15 is 0 Å². The summed E-state index contributed by atoms with van der Waals surface area (Å²) in [5, 5.41) is 0.677. The summed E-state index contributed by atoms with van der Waals surface area (Å²) in [6.07, 6.45) is 0.340. The topological polar surface area (TPSA) is 38.8 Å². The summed E-state index contributed by atoms with van der Waals surface area (Å²) < 4.78 is 11.6. The molecule has 1 atom stereocenters. The molecule has 0 radical (unpaired) electrons. The predicted molar refractivity (Wildman–Crippen MR) is 108 cm³/mol. The Labute approximate surface area is 173 Å². The van der Waals surface area contributed by atoms with Crippen molar-refractivity contribution in [3.63, 3.8) is 0 Å². The van der Waals surface area contributed by atoms with Crippen LogP contribution in [0.15, 0.2) is 42.5 Å². The molecule has 0 N–H and O–H groups in total. The molecule has 1 aliphatic rings. The van der Waals surface area contributed by atoms with E-state index < -0.39 is 0 Å². The van der Waals surface area contributed by atoms with Crippen molar-refractivity contribution >= 4 is 40.0 Å². The Kier molecular flexibility index (Phi) is 7.39. The largest absolute Gasteiger partial charge is 0.486 e. The van der Waals surface area contributed by atoms with Gasteiger partial charge in [0.2, 0.25) is 5.24 Å². The number of hydrogen-bond acceptors (Lipinski definition) is 4. The molecule has 1 saturated heterocycles. The van der Waals surface area contributed by atoms with E-state index in [1.54, 1.807) is 18.2 Å². The standard InChI is InChI=1S/C20H20Cl3NO3/c21-16-2-1-3-17(22)20(16)27-13-14-4-6-15(7-5-14)18-12-24(10-11-26-18)9-8-19(23)25/h1-7,18H,8-13H2. The van der Waals surface area contributed by atoms with E-state index in [1.165, 1.54) is 0 Å². The highest BCUT2D eigenvalue weighted by molar-refractivity contribution is 6.63. The highest BCUT2D eigenvalue weighted by Crippen LogP contribution is 2.33. The number of ether oxygens (including phenoxy) is 2. The Morgan fingerprint density at radius 3 is 2.52 bits per heavy atom. The van der Waals surface area contributed by atoms with Crippen LogP contribution in [0.5, 0.6) is 5.75 Å². The maximum atomic E-state index is 11.0. The van der Waals surface area contributed by atoms with Crippen LogP contribution in [0.1, 0.15) is 23.7 Å². The Hall–Kier alpha value is -1.30. The zero-order valence-corrected chi connectivity index (χ0v) is 16.9. The second-order valence-corrected chi connectivity index (χ2v) is 7.58. The fourth-order valence-corrected chi connectivity index (χ4v) is 3.55. The van der Waals surface area contributed by atoms with E-state index in [0.29, 0.717) is 42.0 Å². The van der Waals surface area contributed by atoms with Crippen molar-refractivity contribution < 1.29 is 14.3 Å². The molecule has 3 rings (SSSR count). The van der Waals surface area contributed by atoms with Crippen LogP contribution in [0, 0.1) is 0 Å². The molecule has 1 unspecified atom stereocenters. The first-order valence-corrected chi connectivity index (χ1v) is 9.84. The Bertz CT molecular complexity index is 762. The van der Waals surface area contributed by atoms with Crippen LogP contribution in [-0.4, -0.2) is 36.4 Å². The quantitative estimate of drug-likeness (QED) is 0.575. The average Bonchev–Trinajstić information content (AvgIpc) is 2.67. The summed E-state index contributed by atoms with van der Waals surface area (Å²) in [6, 6.07) is 13.4. The van der Waals surface area contributed by atoms with Gasteiger partial charge in [-0.25, -0.2) is 0 Å². The van der Waals surface area contributed by atoms with Crippen molar-refractivity contribution in [3.05, 3.63) is 63.6 Å². The maximum Gasteiger partial charge on any atom is 0.222 e. The number of benzene rings is 2. The molecular weight excluding hydrogens is 409 g/mol. The van der Waals surface area contributed by atoms with E-state index in [1.807, 2.05) is 24.3 Å². The van der Waals surface area contributed by atoms with E-state index in [0.717, 1.165) is 24.2 Å². The molecule has 27 heavy (non-hydrogen) atoms. The average molecular weight is 429 g/mol. The fourth-order valence-electron chi connectivity index (χ4n) is 2.96. The molecular formula is C20H20Cl3NO3. The normalized spacial score (nSPS) is 17.7. The van der Waals surface area contributed by atoms with E-state index in [2.05, 4.69) is 4.90 Å². The Morgan fingerprint density at radius 1 is 1.15 bits per heavy atom. The van der Waals surface area contributed by atoms with Crippen LogP contribution in [0.4, 0.5) is 0 Å². The third-order valence-corrected chi connectivity index (χ3v) is 5.21. The van der Waals surface area contributed by atoms with Crippen molar-refractivity contribution in [2.75, 3.05) is 26.2 Å². The molecule has 0 aromatic heterocycles. The van der Waals surface area contributed by atoms with Gasteiger partial charge >= 0.3 is 0 Å². The number of carbonyl (C=O) groups excluding carboxylic acids is 1. The molecule has 0 amide bonds. The summed E-state index contributed by atoms with van der Waals surface area (Å²) in [7, 11) is 0. The van der Waals surface area contributed by atoms with Gasteiger partial charge in [-0.2, -0.15) is 0 Å². The lowest BCUT2D eigenvalue weighted by atomic mass is 10.1. The van der Waals surface area contributed by atoms with Crippen LogP contribution in [0.2, 0.25) is 10.0 Å². The summed E-state index contributed by atoms with van der Waals surface area (Å²) in [5.74, 6) is 0.491. The van der Waals surface area contributed by atoms with Gasteiger partial charge in [0.05, 0.1) is 22.8 Å². The lowest BCUT2D eigenvalue weighted by Crippen LogP contribution is -2.39. The van der Waals surface area contributed by atoms with Crippen LogP contribution in [-0.2, 0) is 16.1 Å². The zero-order valence-electron chi connectivity index (χ0n) is 14.7. The maximum absolute atomic E-state index is 11.0. The Morgan fingerprint density at radius 2 is 1.85 bits per heavy atom. The van der Waals surface area contributed by atoms with Crippen molar-refractivity contribution in [2.45, 2.75) is 19.1 Å². The smallest absolute Gasteiger partial charge is 0.222 e. The number of carbonyl (C=O) groups is 1. The number of para-hydroxylation sites is 1. The Balaban J connectivity index is 1.57. The summed E-state index contributed by atoms with van der Waals surface area (Å²) in [6.45, 7) is 3.23. The molecule has 0 aliphatic carbocycles. The van der Waals surface area contributed by atoms with Gasteiger partial charge in [-0.05, 0) is 34.9 Å². The van der Waals surface area contributed by atoms with Crippen LogP contribution < -0.4 is 4.74 Å². The first-order chi connectivity index (χ1) is 13.0. The monoisotopic (exact) mass is 427 g/mol. The van der Waals surface area contributed by atoms with Gasteiger partial charge in [0.1, 0.15) is 6.61 Å². The van der Waals surface area contributed by atoms with Gasteiger partial charge < -0.3 is 9.47 Å². The molecule has 2 aromatic rings. The molecule has 1 heterocycles. The van der Waals surface area contributed by atoms with Crippen LogP contribution in [0.25, 0.3) is 0 Å². The molecule has 0 saturated carbocycles. The van der Waals surface area contributed by atoms with Crippen molar-refractivity contribution in [2.24, 2.45) is 0 Å². The first-order valence-electron chi connectivity index (χ1n) is 8.71. The van der Waals surface area contributed by atoms with Gasteiger partial charge in [-0.1, -0.05) is 53.5 Å². The molecule has 0 spiro atoms. The second-order valence-electron chi connectivity index (χ2n) is 6.35. The van der Waals surface area contributed by atoms with Crippen molar-refractivity contribution in [3.8, 4) is 5.75 Å². The van der Waals surface area contributed by atoms with Gasteiger partial charge in [-0.3, -0.25) is 9.69 Å². The number of hydrogen-bond donors (Lipinski definition) is 0. The van der Waals surface area contributed by atoms with E-state index in [9.17, 15) is 4.79 Å². The number of morpholine rings is 1. The van der Waals surface area contributed by atoms with Crippen LogP contribution in [0.3, 0.4) is 0 Å². The number of nitrogens with zero attached hydrogens (tertiary/aromatic N) is 1. The van der Waals surface area contributed by atoms with E-state index in [4.69, 9.17) is 44.3 Å². The lowest BCUT2D eigenvalue weighted by Gasteiger charge is -2.32. The third-order valence-electron chi connectivity index (χ3n) is 4.43. The minimum atomic E-state index is -0.305. The minimum absolute atomic E-state index is 0.0165. The summed E-state index contributed by atoms with van der Waals surface area (Å²) in [4.78, 5) is 13.2. The molecule has 1 aliphatic heterocycles. The molecule has 1 fully saturated rings. The molecule has 2 aromatic carbocycles. The van der Waals surface area contributed by atoms with Crippen molar-refractivity contribution in [1.82, 2.24) is 4.90 Å². The van der Waals surface area contributed by atoms with Gasteiger partial charge in [0.15, 0.2) is 5.75 Å². The summed E-state index contributed by atoms with van der Waals surface area (Å²) >= 11 is 17.7. The van der Waals surface area contributed by atoms with Gasteiger partial charge in [-0.15, -0.1) is 0 Å². The fraction of sp³-hybridized carbons (Fsp3) is 0.350. The lowest BCUT2D eigenvalue weighted by molar-refractivity contribution is -0.112. The molecule has 4 nitrogen and oxygen atoms in total. The number of rotatable bonds is 7. The predicted octanol–water partition coefficient (Wildman–Crippen LogP) is 5.10. The second kappa shape index (κ2) is 9.76. The van der Waals surface area contributed by atoms with Gasteiger partial charge in [0.25, 0.3) is 0 Å². The zero-order chi connectivity index (χ0) is 19.2. The first kappa shape index (κ1) is 20.4.